The Morgan fingerprint density at radius 2 is 2.31 bits per heavy atom. The van der Waals surface area contributed by atoms with Crippen molar-refractivity contribution in [2.45, 2.75) is 45.3 Å². The van der Waals surface area contributed by atoms with E-state index in [0.29, 0.717) is 18.7 Å². The van der Waals surface area contributed by atoms with Crippen molar-refractivity contribution in [1.82, 2.24) is 4.90 Å². The first-order valence-corrected chi connectivity index (χ1v) is 6.09. The summed E-state index contributed by atoms with van der Waals surface area (Å²) in [7, 11) is 2.02. The molecule has 4 nitrogen and oxygen atoms in total. The summed E-state index contributed by atoms with van der Waals surface area (Å²) in [6, 6.07) is 0.473. The van der Waals surface area contributed by atoms with Gasteiger partial charge in [0.25, 0.3) is 0 Å². The molecule has 0 aliphatic carbocycles. The van der Waals surface area contributed by atoms with E-state index in [0.717, 1.165) is 25.9 Å². The summed E-state index contributed by atoms with van der Waals surface area (Å²) >= 11 is 0. The zero-order valence-corrected chi connectivity index (χ0v) is 10.5. The number of carbonyl (C=O) groups is 1. The van der Waals surface area contributed by atoms with Gasteiger partial charge in [0.15, 0.2) is 0 Å². The third-order valence-electron chi connectivity index (χ3n) is 3.40. The molecule has 16 heavy (non-hydrogen) atoms. The fourth-order valence-corrected chi connectivity index (χ4v) is 2.20. The van der Waals surface area contributed by atoms with Gasteiger partial charge in [-0.05, 0) is 26.3 Å². The number of carboxylic acids is 1. The highest BCUT2D eigenvalue weighted by Gasteiger charge is 2.26. The van der Waals surface area contributed by atoms with E-state index >= 15 is 0 Å². The number of rotatable bonds is 5. The minimum absolute atomic E-state index is 0.298. The Balaban J connectivity index is 2.40. The maximum Gasteiger partial charge on any atom is 0.307 e. The molecule has 1 aliphatic rings. The Morgan fingerprint density at radius 1 is 1.62 bits per heavy atom. The van der Waals surface area contributed by atoms with E-state index in [-0.39, 0.29) is 5.92 Å². The average molecular weight is 229 g/mol. The van der Waals surface area contributed by atoms with Crippen molar-refractivity contribution in [2.75, 3.05) is 20.2 Å². The second-order valence-electron chi connectivity index (χ2n) is 4.76. The lowest BCUT2D eigenvalue weighted by molar-refractivity contribution is -0.142. The van der Waals surface area contributed by atoms with Crippen LogP contribution in [0.15, 0.2) is 0 Å². The standard InChI is InChI=1S/C12H23NO3/c1-4-11-7-10(5-6-16-11)13(3)8-9(2)12(14)15/h9-11H,4-8H2,1-3H3,(H,14,15). The molecule has 3 unspecified atom stereocenters. The van der Waals surface area contributed by atoms with E-state index in [1.54, 1.807) is 6.92 Å². The normalized spacial score (nSPS) is 28.0. The van der Waals surface area contributed by atoms with Crippen LogP contribution in [0.3, 0.4) is 0 Å². The first-order chi connectivity index (χ1) is 7.54. The minimum atomic E-state index is -0.717. The van der Waals surface area contributed by atoms with Gasteiger partial charge < -0.3 is 14.7 Å². The zero-order chi connectivity index (χ0) is 12.1. The molecule has 0 spiro atoms. The van der Waals surface area contributed by atoms with Crippen LogP contribution in [0, 0.1) is 5.92 Å². The quantitative estimate of drug-likeness (QED) is 0.778. The third-order valence-corrected chi connectivity index (χ3v) is 3.40. The maximum atomic E-state index is 10.8. The van der Waals surface area contributed by atoms with Crippen LogP contribution in [0.5, 0.6) is 0 Å². The molecule has 0 aromatic carbocycles. The molecule has 0 bridgehead atoms. The van der Waals surface area contributed by atoms with Crippen molar-refractivity contribution in [1.29, 1.82) is 0 Å². The number of hydrogen-bond acceptors (Lipinski definition) is 3. The average Bonchev–Trinajstić information content (AvgIpc) is 2.28. The minimum Gasteiger partial charge on any atom is -0.481 e. The van der Waals surface area contributed by atoms with Gasteiger partial charge in [-0.3, -0.25) is 4.79 Å². The molecule has 0 aromatic heterocycles. The summed E-state index contributed by atoms with van der Waals surface area (Å²) in [5, 5.41) is 8.88. The second-order valence-corrected chi connectivity index (χ2v) is 4.76. The van der Waals surface area contributed by atoms with Gasteiger partial charge in [0.1, 0.15) is 0 Å². The van der Waals surface area contributed by atoms with Gasteiger partial charge in [-0.2, -0.15) is 0 Å². The molecule has 0 radical (unpaired) electrons. The molecule has 1 N–H and O–H groups in total. The van der Waals surface area contributed by atoms with E-state index in [1.807, 2.05) is 7.05 Å². The van der Waals surface area contributed by atoms with Crippen molar-refractivity contribution >= 4 is 5.97 Å². The topological polar surface area (TPSA) is 49.8 Å². The molecular weight excluding hydrogens is 206 g/mol. The molecule has 0 saturated carbocycles. The van der Waals surface area contributed by atoms with Crippen LogP contribution >= 0.6 is 0 Å². The highest BCUT2D eigenvalue weighted by Crippen LogP contribution is 2.20. The first-order valence-electron chi connectivity index (χ1n) is 6.09. The predicted octanol–water partition coefficient (Wildman–Crippen LogP) is 1.60. The second kappa shape index (κ2) is 6.21. The van der Waals surface area contributed by atoms with E-state index < -0.39 is 5.97 Å². The van der Waals surface area contributed by atoms with Crippen LogP contribution in [0.1, 0.15) is 33.1 Å². The number of nitrogens with zero attached hydrogens (tertiary/aromatic N) is 1. The number of carboxylic acid groups (broad SMARTS) is 1. The van der Waals surface area contributed by atoms with Gasteiger partial charge in [0.2, 0.25) is 0 Å². The lowest BCUT2D eigenvalue weighted by Crippen LogP contribution is -2.42. The molecule has 4 heteroatoms. The number of ether oxygens (including phenoxy) is 1. The summed E-state index contributed by atoms with van der Waals surface area (Å²) in [6.45, 7) is 5.31. The van der Waals surface area contributed by atoms with Crippen molar-refractivity contribution in [3.8, 4) is 0 Å². The summed E-state index contributed by atoms with van der Waals surface area (Å²) in [5.41, 5.74) is 0. The van der Waals surface area contributed by atoms with Crippen LogP contribution in [-0.2, 0) is 9.53 Å². The maximum absolute atomic E-state index is 10.8. The number of hydrogen-bond donors (Lipinski definition) is 1. The fourth-order valence-electron chi connectivity index (χ4n) is 2.20. The molecule has 94 valence electrons. The van der Waals surface area contributed by atoms with Gasteiger partial charge >= 0.3 is 5.97 Å². The Kier molecular flexibility index (Phi) is 5.22. The lowest BCUT2D eigenvalue weighted by atomic mass is 9.99. The molecule has 1 heterocycles. The summed E-state index contributed by atoms with van der Waals surface area (Å²) in [4.78, 5) is 13.0. The van der Waals surface area contributed by atoms with E-state index in [2.05, 4.69) is 11.8 Å². The van der Waals surface area contributed by atoms with E-state index in [1.165, 1.54) is 0 Å². The van der Waals surface area contributed by atoms with Crippen molar-refractivity contribution in [3.05, 3.63) is 0 Å². The van der Waals surface area contributed by atoms with Gasteiger partial charge in [0, 0.05) is 19.2 Å². The van der Waals surface area contributed by atoms with Gasteiger partial charge in [0.05, 0.1) is 12.0 Å². The molecule has 3 atom stereocenters. The molecule has 1 saturated heterocycles. The SMILES string of the molecule is CCC1CC(N(C)CC(C)C(=O)O)CCO1. The van der Waals surface area contributed by atoms with Crippen molar-refractivity contribution < 1.29 is 14.6 Å². The predicted molar refractivity (Wildman–Crippen MR) is 62.5 cm³/mol. The van der Waals surface area contributed by atoms with Crippen molar-refractivity contribution in [3.63, 3.8) is 0 Å². The Hall–Kier alpha value is -0.610. The molecule has 0 amide bonds. The lowest BCUT2D eigenvalue weighted by Gasteiger charge is -2.35. The van der Waals surface area contributed by atoms with Crippen LogP contribution in [0.25, 0.3) is 0 Å². The van der Waals surface area contributed by atoms with Gasteiger partial charge in [-0.15, -0.1) is 0 Å². The van der Waals surface area contributed by atoms with Gasteiger partial charge in [-0.25, -0.2) is 0 Å². The Morgan fingerprint density at radius 3 is 2.88 bits per heavy atom. The largest absolute Gasteiger partial charge is 0.481 e. The van der Waals surface area contributed by atoms with Crippen LogP contribution < -0.4 is 0 Å². The Labute approximate surface area is 97.6 Å². The van der Waals surface area contributed by atoms with Crippen LogP contribution in [-0.4, -0.2) is 48.3 Å². The third kappa shape index (κ3) is 3.76. The smallest absolute Gasteiger partial charge is 0.307 e. The Bertz CT molecular complexity index is 232. The molecule has 1 fully saturated rings. The first kappa shape index (κ1) is 13.5. The number of aliphatic carboxylic acids is 1. The van der Waals surface area contributed by atoms with Crippen molar-refractivity contribution in [2.24, 2.45) is 5.92 Å². The fraction of sp³-hybridized carbons (Fsp3) is 0.917. The summed E-state index contributed by atoms with van der Waals surface area (Å²) < 4.78 is 5.62. The van der Waals surface area contributed by atoms with Gasteiger partial charge in [-0.1, -0.05) is 13.8 Å². The highest BCUT2D eigenvalue weighted by atomic mass is 16.5. The molecule has 1 aliphatic heterocycles. The molecular formula is C12H23NO3. The summed E-state index contributed by atoms with van der Waals surface area (Å²) in [5.74, 6) is -1.01. The molecule has 0 aromatic rings. The van der Waals surface area contributed by atoms with E-state index in [9.17, 15) is 4.79 Å². The summed E-state index contributed by atoms with van der Waals surface area (Å²) in [6.07, 6.45) is 3.43. The van der Waals surface area contributed by atoms with Crippen LogP contribution in [0.2, 0.25) is 0 Å². The van der Waals surface area contributed by atoms with E-state index in [4.69, 9.17) is 9.84 Å². The monoisotopic (exact) mass is 229 g/mol. The zero-order valence-electron chi connectivity index (χ0n) is 10.5. The highest BCUT2D eigenvalue weighted by molar-refractivity contribution is 5.69. The van der Waals surface area contributed by atoms with Crippen LogP contribution in [0.4, 0.5) is 0 Å². The molecule has 1 rings (SSSR count).